The molecule has 0 aliphatic rings. The van der Waals surface area contributed by atoms with Crippen LogP contribution < -0.4 is 0 Å². The van der Waals surface area contributed by atoms with Crippen molar-refractivity contribution in [2.75, 3.05) is 0 Å². The predicted molar refractivity (Wildman–Crippen MR) is 202 cm³/mol. The third-order valence-electron chi connectivity index (χ3n) is 9.36. The first-order valence-corrected chi connectivity index (χ1v) is 16.6. The van der Waals surface area contributed by atoms with Gasteiger partial charge in [-0.05, 0) is 47.0 Å². The molecular formula is C45H27N3O2. The van der Waals surface area contributed by atoms with E-state index in [1.165, 1.54) is 0 Å². The van der Waals surface area contributed by atoms with Crippen LogP contribution in [-0.2, 0) is 0 Å². The third kappa shape index (κ3) is 4.67. The molecule has 3 heterocycles. The van der Waals surface area contributed by atoms with E-state index in [4.69, 9.17) is 23.8 Å². The van der Waals surface area contributed by atoms with Crippen LogP contribution >= 0.6 is 0 Å². The molecule has 5 heteroatoms. The Morgan fingerprint density at radius 2 is 0.800 bits per heavy atom. The summed E-state index contributed by atoms with van der Waals surface area (Å²) in [5.41, 5.74) is 10.4. The summed E-state index contributed by atoms with van der Waals surface area (Å²) in [5.74, 6) is 1.84. The van der Waals surface area contributed by atoms with Gasteiger partial charge in [-0.2, -0.15) is 0 Å². The van der Waals surface area contributed by atoms with Crippen LogP contribution in [0.3, 0.4) is 0 Å². The number of hydrogen-bond donors (Lipinski definition) is 0. The second kappa shape index (κ2) is 11.4. The number of aromatic nitrogens is 3. The van der Waals surface area contributed by atoms with Crippen LogP contribution in [0.25, 0.3) is 100 Å². The van der Waals surface area contributed by atoms with Gasteiger partial charge in [0.2, 0.25) is 0 Å². The van der Waals surface area contributed by atoms with Gasteiger partial charge in [-0.3, -0.25) is 0 Å². The Balaban J connectivity index is 1.11. The van der Waals surface area contributed by atoms with Crippen molar-refractivity contribution in [1.82, 2.24) is 15.0 Å². The fourth-order valence-electron chi connectivity index (χ4n) is 6.95. The van der Waals surface area contributed by atoms with E-state index in [1.807, 2.05) is 84.9 Å². The van der Waals surface area contributed by atoms with Crippen LogP contribution in [0.2, 0.25) is 0 Å². The summed E-state index contributed by atoms with van der Waals surface area (Å²) in [6, 6.07) is 55.7. The molecule has 0 bridgehead atoms. The molecule has 0 N–H and O–H groups in total. The number of hydrogen-bond acceptors (Lipinski definition) is 5. The molecule has 5 nitrogen and oxygen atoms in total. The maximum absolute atomic E-state index is 6.74. The summed E-state index contributed by atoms with van der Waals surface area (Å²) in [7, 11) is 0. The normalized spacial score (nSPS) is 11.6. The average molecular weight is 642 g/mol. The fourth-order valence-corrected chi connectivity index (χ4v) is 6.95. The van der Waals surface area contributed by atoms with Crippen molar-refractivity contribution in [3.63, 3.8) is 0 Å². The highest BCUT2D eigenvalue weighted by Crippen LogP contribution is 2.42. The van der Waals surface area contributed by atoms with Crippen LogP contribution in [0.1, 0.15) is 0 Å². The molecule has 234 valence electrons. The van der Waals surface area contributed by atoms with E-state index in [0.29, 0.717) is 17.5 Å². The molecule has 0 spiro atoms. The van der Waals surface area contributed by atoms with Crippen LogP contribution in [0.5, 0.6) is 0 Å². The zero-order chi connectivity index (χ0) is 33.0. The summed E-state index contributed by atoms with van der Waals surface area (Å²) in [6.07, 6.45) is 0. The van der Waals surface area contributed by atoms with Gasteiger partial charge in [0.1, 0.15) is 22.3 Å². The van der Waals surface area contributed by atoms with Gasteiger partial charge in [0.25, 0.3) is 0 Å². The molecule has 0 aliphatic carbocycles. The second-order valence-corrected chi connectivity index (χ2v) is 12.4. The third-order valence-corrected chi connectivity index (χ3v) is 9.36. The smallest absolute Gasteiger partial charge is 0.164 e. The van der Waals surface area contributed by atoms with Gasteiger partial charge < -0.3 is 8.83 Å². The summed E-state index contributed by atoms with van der Waals surface area (Å²) >= 11 is 0. The largest absolute Gasteiger partial charge is 0.456 e. The number of nitrogens with zero attached hydrogens (tertiary/aromatic N) is 3. The highest BCUT2D eigenvalue weighted by atomic mass is 16.3. The van der Waals surface area contributed by atoms with Gasteiger partial charge in [0, 0.05) is 43.8 Å². The number of para-hydroxylation sites is 2. The van der Waals surface area contributed by atoms with Crippen molar-refractivity contribution in [1.29, 1.82) is 0 Å². The molecule has 0 saturated heterocycles. The average Bonchev–Trinajstić information content (AvgIpc) is 3.76. The van der Waals surface area contributed by atoms with Gasteiger partial charge in [0.15, 0.2) is 17.5 Å². The second-order valence-electron chi connectivity index (χ2n) is 12.4. The SMILES string of the molecule is c1ccc(-c2nc(-c3ccccc3)nc(-c3ccc4c(c3)oc3c(-c5ccccc5-c5ccc6c(c5)oc5ccccc56)cccc34)n2)cc1. The number of furan rings is 2. The molecular weight excluding hydrogens is 615 g/mol. The fraction of sp³-hybridized carbons (Fsp3) is 0. The highest BCUT2D eigenvalue weighted by Gasteiger charge is 2.18. The minimum Gasteiger partial charge on any atom is -0.456 e. The van der Waals surface area contributed by atoms with Crippen LogP contribution in [0.4, 0.5) is 0 Å². The maximum Gasteiger partial charge on any atom is 0.164 e. The van der Waals surface area contributed by atoms with Crippen LogP contribution in [-0.4, -0.2) is 15.0 Å². The number of fused-ring (bicyclic) bond motifs is 6. The Morgan fingerprint density at radius 1 is 0.300 bits per heavy atom. The van der Waals surface area contributed by atoms with Gasteiger partial charge >= 0.3 is 0 Å². The van der Waals surface area contributed by atoms with Gasteiger partial charge in [-0.15, -0.1) is 0 Å². The summed E-state index contributed by atoms with van der Waals surface area (Å²) < 4.78 is 13.0. The first kappa shape index (κ1) is 28.2. The van der Waals surface area contributed by atoms with Gasteiger partial charge in [0.05, 0.1) is 0 Å². The zero-order valence-electron chi connectivity index (χ0n) is 26.7. The lowest BCUT2D eigenvalue weighted by molar-refractivity contribution is 0.669. The monoisotopic (exact) mass is 641 g/mol. The van der Waals surface area contributed by atoms with E-state index in [9.17, 15) is 0 Å². The lowest BCUT2D eigenvalue weighted by atomic mass is 9.93. The van der Waals surface area contributed by atoms with Crippen molar-refractivity contribution < 1.29 is 8.83 Å². The Bertz CT molecular complexity index is 2810. The van der Waals surface area contributed by atoms with Crippen molar-refractivity contribution in [2.45, 2.75) is 0 Å². The minimum absolute atomic E-state index is 0.589. The molecule has 50 heavy (non-hydrogen) atoms. The molecule has 10 rings (SSSR count). The van der Waals surface area contributed by atoms with E-state index >= 15 is 0 Å². The van der Waals surface area contributed by atoms with Crippen molar-refractivity contribution in [2.24, 2.45) is 0 Å². The maximum atomic E-state index is 6.74. The first-order valence-electron chi connectivity index (χ1n) is 16.6. The Hall–Kier alpha value is -6.85. The van der Waals surface area contributed by atoms with Gasteiger partial charge in [-0.25, -0.2) is 15.0 Å². The Labute approximate surface area is 287 Å². The van der Waals surface area contributed by atoms with E-state index in [2.05, 4.69) is 78.9 Å². The van der Waals surface area contributed by atoms with Gasteiger partial charge in [-0.1, -0.05) is 133 Å². The van der Waals surface area contributed by atoms with E-state index in [-0.39, 0.29) is 0 Å². The molecule has 0 aliphatic heterocycles. The van der Waals surface area contributed by atoms with Crippen molar-refractivity contribution in [3.05, 3.63) is 164 Å². The molecule has 10 aromatic rings. The van der Waals surface area contributed by atoms with Crippen molar-refractivity contribution in [3.8, 4) is 56.4 Å². The Morgan fingerprint density at radius 3 is 1.54 bits per heavy atom. The van der Waals surface area contributed by atoms with E-state index < -0.39 is 0 Å². The zero-order valence-corrected chi connectivity index (χ0v) is 26.7. The molecule has 0 fully saturated rings. The number of benzene rings is 7. The molecule has 0 atom stereocenters. The minimum atomic E-state index is 0.589. The first-order chi connectivity index (χ1) is 24.8. The molecule has 0 radical (unpaired) electrons. The molecule has 0 amide bonds. The molecule has 0 unspecified atom stereocenters. The molecule has 0 saturated carbocycles. The van der Waals surface area contributed by atoms with E-state index in [1.54, 1.807) is 0 Å². The quantitative estimate of drug-likeness (QED) is 0.187. The molecule has 7 aromatic carbocycles. The Kier molecular flexibility index (Phi) is 6.42. The lowest BCUT2D eigenvalue weighted by Crippen LogP contribution is -2.00. The topological polar surface area (TPSA) is 65.0 Å². The molecule has 3 aromatic heterocycles. The van der Waals surface area contributed by atoms with Crippen LogP contribution in [0, 0.1) is 0 Å². The summed E-state index contributed by atoms with van der Waals surface area (Å²) in [5, 5.41) is 4.32. The standard InChI is InChI=1S/C45H27N3O2/c1-3-12-28(13-4-1)43-46-44(29-14-5-2-6-15-29)48-45(47-43)31-23-25-36-38-20-11-19-37(42(38)50-41(36)27-31)33-17-8-7-16-32(33)30-22-24-35-34-18-9-10-21-39(34)49-40(35)26-30/h1-27H. The van der Waals surface area contributed by atoms with Crippen molar-refractivity contribution >= 4 is 43.9 Å². The summed E-state index contributed by atoms with van der Waals surface area (Å²) in [4.78, 5) is 14.7. The lowest BCUT2D eigenvalue weighted by Gasteiger charge is -2.11. The highest BCUT2D eigenvalue weighted by molar-refractivity contribution is 6.12. The number of rotatable bonds is 5. The summed E-state index contributed by atoms with van der Waals surface area (Å²) in [6.45, 7) is 0. The van der Waals surface area contributed by atoms with Crippen LogP contribution in [0.15, 0.2) is 173 Å². The predicted octanol–water partition coefficient (Wildman–Crippen LogP) is 12.0. The van der Waals surface area contributed by atoms with E-state index in [0.717, 1.165) is 82.8 Å².